The quantitative estimate of drug-likeness (QED) is 0.332. The normalized spacial score (nSPS) is 11.8. The lowest BCUT2D eigenvalue weighted by Gasteiger charge is -2.14. The first-order valence-electron chi connectivity index (χ1n) is 9.53. The molecule has 0 aliphatic heterocycles. The predicted octanol–water partition coefficient (Wildman–Crippen LogP) is 5.12. The highest BCUT2D eigenvalue weighted by Crippen LogP contribution is 2.26. The van der Waals surface area contributed by atoms with E-state index in [1.807, 2.05) is 30.3 Å². The van der Waals surface area contributed by atoms with Crippen molar-refractivity contribution in [1.82, 2.24) is 0 Å². The van der Waals surface area contributed by atoms with E-state index in [2.05, 4.69) is 0 Å². The Balaban J connectivity index is 1.60. The van der Waals surface area contributed by atoms with Crippen molar-refractivity contribution in [3.63, 3.8) is 0 Å². The maximum Gasteiger partial charge on any atom is 0.344 e. The topological polar surface area (TPSA) is 65.7 Å². The van der Waals surface area contributed by atoms with Gasteiger partial charge in [0.15, 0.2) is 6.10 Å². The Bertz CT molecular complexity index is 1240. The highest BCUT2D eigenvalue weighted by molar-refractivity contribution is 5.99. The van der Waals surface area contributed by atoms with Gasteiger partial charge in [-0.3, -0.25) is 4.79 Å². The van der Waals surface area contributed by atoms with Crippen molar-refractivity contribution >= 4 is 16.8 Å². The average molecular weight is 400 g/mol. The molecule has 1 aromatic heterocycles. The number of rotatable bonds is 6. The smallest absolute Gasteiger partial charge is 0.344 e. The van der Waals surface area contributed by atoms with Crippen LogP contribution >= 0.6 is 0 Å². The maximum atomic E-state index is 12.5. The lowest BCUT2D eigenvalue weighted by molar-refractivity contribution is 0.0818. The van der Waals surface area contributed by atoms with Crippen LogP contribution in [0.4, 0.5) is 0 Å². The van der Waals surface area contributed by atoms with Gasteiger partial charge in [-0.25, -0.2) is 4.79 Å². The standard InChI is InChI=1S/C25H20O5/c1-16(24(26)18-6-4-3-5-7-18)29-21-13-10-19-14-22(25(27)30-23(19)15-21)17-8-11-20(28-2)12-9-17/h3-16H,1-2H3/t16-/m1/s1. The Kier molecular flexibility index (Phi) is 5.35. The highest BCUT2D eigenvalue weighted by atomic mass is 16.5. The van der Waals surface area contributed by atoms with E-state index in [4.69, 9.17) is 13.9 Å². The van der Waals surface area contributed by atoms with Crippen LogP contribution in [0.15, 0.2) is 88.1 Å². The summed E-state index contributed by atoms with van der Waals surface area (Å²) in [6, 6.07) is 23.2. The second kappa shape index (κ2) is 8.25. The van der Waals surface area contributed by atoms with Crippen LogP contribution in [0.5, 0.6) is 11.5 Å². The van der Waals surface area contributed by atoms with Crippen molar-refractivity contribution in [3.8, 4) is 22.6 Å². The van der Waals surface area contributed by atoms with Crippen LogP contribution in [0.25, 0.3) is 22.1 Å². The number of benzene rings is 3. The molecule has 0 N–H and O–H groups in total. The van der Waals surface area contributed by atoms with Gasteiger partial charge in [0, 0.05) is 17.0 Å². The van der Waals surface area contributed by atoms with Gasteiger partial charge in [-0.1, -0.05) is 42.5 Å². The minimum absolute atomic E-state index is 0.119. The third kappa shape index (κ3) is 3.96. The number of ketones is 1. The molecule has 0 aliphatic carbocycles. The van der Waals surface area contributed by atoms with E-state index < -0.39 is 11.7 Å². The predicted molar refractivity (Wildman–Crippen MR) is 115 cm³/mol. The molecule has 0 bridgehead atoms. The van der Waals surface area contributed by atoms with Gasteiger partial charge in [-0.2, -0.15) is 0 Å². The van der Waals surface area contributed by atoms with E-state index in [1.54, 1.807) is 62.6 Å². The average Bonchev–Trinajstić information content (AvgIpc) is 2.78. The van der Waals surface area contributed by atoms with Gasteiger partial charge >= 0.3 is 5.63 Å². The van der Waals surface area contributed by atoms with Gasteiger partial charge in [-0.05, 0) is 42.8 Å². The number of carbonyl (C=O) groups excluding carboxylic acids is 1. The molecule has 30 heavy (non-hydrogen) atoms. The van der Waals surface area contributed by atoms with Gasteiger partial charge in [-0.15, -0.1) is 0 Å². The van der Waals surface area contributed by atoms with Crippen molar-refractivity contribution in [1.29, 1.82) is 0 Å². The summed E-state index contributed by atoms with van der Waals surface area (Å²) in [7, 11) is 1.59. The first kappa shape index (κ1) is 19.5. The Morgan fingerprint density at radius 3 is 2.30 bits per heavy atom. The minimum atomic E-state index is -0.671. The van der Waals surface area contributed by atoms with Gasteiger partial charge < -0.3 is 13.9 Å². The van der Waals surface area contributed by atoms with Crippen LogP contribution in [0.1, 0.15) is 17.3 Å². The molecule has 150 valence electrons. The molecule has 0 amide bonds. The molecule has 3 aromatic carbocycles. The van der Waals surface area contributed by atoms with E-state index in [1.165, 1.54) is 0 Å². The fourth-order valence-corrected chi connectivity index (χ4v) is 3.23. The molecule has 0 saturated carbocycles. The van der Waals surface area contributed by atoms with Crippen LogP contribution in [0.3, 0.4) is 0 Å². The van der Waals surface area contributed by atoms with Crippen LogP contribution in [0, 0.1) is 0 Å². The van der Waals surface area contributed by atoms with Crippen LogP contribution < -0.4 is 15.1 Å². The number of hydrogen-bond donors (Lipinski definition) is 0. The van der Waals surface area contributed by atoms with E-state index >= 15 is 0 Å². The SMILES string of the molecule is COc1ccc(-c2cc3ccc(O[C@H](C)C(=O)c4ccccc4)cc3oc2=O)cc1. The highest BCUT2D eigenvalue weighted by Gasteiger charge is 2.17. The molecule has 1 atom stereocenters. The lowest BCUT2D eigenvalue weighted by Crippen LogP contribution is -2.23. The molecule has 0 radical (unpaired) electrons. The second-order valence-electron chi connectivity index (χ2n) is 6.87. The Labute approximate surface area is 173 Å². The molecule has 1 heterocycles. The number of carbonyl (C=O) groups is 1. The number of hydrogen-bond acceptors (Lipinski definition) is 5. The third-order valence-electron chi connectivity index (χ3n) is 4.85. The molecular formula is C25H20O5. The van der Waals surface area contributed by atoms with E-state index in [0.717, 1.165) is 10.9 Å². The molecule has 0 spiro atoms. The van der Waals surface area contributed by atoms with Crippen molar-refractivity contribution in [2.24, 2.45) is 0 Å². The Morgan fingerprint density at radius 2 is 1.60 bits per heavy atom. The van der Waals surface area contributed by atoms with E-state index in [9.17, 15) is 9.59 Å². The zero-order chi connectivity index (χ0) is 21.1. The minimum Gasteiger partial charge on any atom is -0.497 e. The summed E-state index contributed by atoms with van der Waals surface area (Å²) in [5, 5.41) is 0.759. The number of fused-ring (bicyclic) bond motifs is 1. The summed E-state index contributed by atoms with van der Waals surface area (Å²) < 4.78 is 16.5. The molecule has 4 rings (SSSR count). The van der Waals surface area contributed by atoms with Gasteiger partial charge in [0.25, 0.3) is 0 Å². The molecular weight excluding hydrogens is 380 g/mol. The summed E-state index contributed by atoms with van der Waals surface area (Å²) in [5.74, 6) is 1.05. The number of Topliss-reactive ketones (excluding diaryl/α,β-unsaturated/α-hetero) is 1. The van der Waals surface area contributed by atoms with Gasteiger partial charge in [0.05, 0.1) is 12.7 Å². The Hall–Kier alpha value is -3.86. The molecule has 0 fully saturated rings. The monoisotopic (exact) mass is 400 g/mol. The first-order chi connectivity index (χ1) is 14.5. The summed E-state index contributed by atoms with van der Waals surface area (Å²) in [6.45, 7) is 1.70. The molecule has 4 aromatic rings. The zero-order valence-corrected chi connectivity index (χ0v) is 16.6. The van der Waals surface area contributed by atoms with Crippen molar-refractivity contribution in [2.45, 2.75) is 13.0 Å². The summed E-state index contributed by atoms with van der Waals surface area (Å²) >= 11 is 0. The molecule has 5 nitrogen and oxygen atoms in total. The van der Waals surface area contributed by atoms with Crippen molar-refractivity contribution < 1.29 is 18.7 Å². The van der Waals surface area contributed by atoms with E-state index in [-0.39, 0.29) is 5.78 Å². The van der Waals surface area contributed by atoms with Gasteiger partial charge in [0.1, 0.15) is 17.1 Å². The van der Waals surface area contributed by atoms with Crippen molar-refractivity contribution in [2.75, 3.05) is 7.11 Å². The molecule has 0 aliphatic rings. The number of ether oxygens (including phenoxy) is 2. The van der Waals surface area contributed by atoms with E-state index in [0.29, 0.717) is 28.2 Å². The number of methoxy groups -OCH3 is 1. The molecule has 0 saturated heterocycles. The molecule has 0 unspecified atom stereocenters. The second-order valence-corrected chi connectivity index (χ2v) is 6.87. The first-order valence-corrected chi connectivity index (χ1v) is 9.53. The van der Waals surface area contributed by atoms with Crippen LogP contribution in [-0.4, -0.2) is 19.0 Å². The molecule has 5 heteroatoms. The van der Waals surface area contributed by atoms with Crippen molar-refractivity contribution in [3.05, 3.63) is 94.8 Å². The maximum absolute atomic E-state index is 12.5. The largest absolute Gasteiger partial charge is 0.497 e. The Morgan fingerprint density at radius 1 is 0.900 bits per heavy atom. The fourth-order valence-electron chi connectivity index (χ4n) is 3.23. The fraction of sp³-hybridized carbons (Fsp3) is 0.120. The lowest BCUT2D eigenvalue weighted by atomic mass is 10.1. The van der Waals surface area contributed by atoms with Gasteiger partial charge in [0.2, 0.25) is 5.78 Å². The summed E-state index contributed by atoms with van der Waals surface area (Å²) in [5.41, 5.74) is 1.74. The summed E-state index contributed by atoms with van der Waals surface area (Å²) in [6.07, 6.45) is -0.671. The summed E-state index contributed by atoms with van der Waals surface area (Å²) in [4.78, 5) is 25.0. The van der Waals surface area contributed by atoms with Crippen LogP contribution in [0.2, 0.25) is 0 Å². The van der Waals surface area contributed by atoms with Crippen LogP contribution in [-0.2, 0) is 0 Å². The zero-order valence-electron chi connectivity index (χ0n) is 16.6. The third-order valence-corrected chi connectivity index (χ3v) is 4.85.